The van der Waals surface area contributed by atoms with Crippen molar-refractivity contribution in [2.24, 2.45) is 0 Å². The molecule has 2 nitrogen and oxygen atoms in total. The molecule has 0 saturated heterocycles. The Hall–Kier alpha value is -4.82. The van der Waals surface area contributed by atoms with Gasteiger partial charge in [0.1, 0.15) is 0 Å². The summed E-state index contributed by atoms with van der Waals surface area (Å²) in [6.07, 6.45) is 0. The normalized spacial score (nSPS) is 13.6. The van der Waals surface area contributed by atoms with Gasteiger partial charge in [-0.25, -0.2) is 0 Å². The maximum atomic E-state index is 13.7. The van der Waals surface area contributed by atoms with Crippen LogP contribution in [0.4, 0.5) is 0 Å². The van der Waals surface area contributed by atoms with Gasteiger partial charge in [0.05, 0.1) is 0 Å². The number of aryl methyl sites for hydroxylation is 1. The van der Waals surface area contributed by atoms with E-state index < -0.39 is 0 Å². The maximum Gasteiger partial charge on any atom is 0.194 e. The molecule has 7 aromatic carbocycles. The van der Waals surface area contributed by atoms with Crippen molar-refractivity contribution in [3.63, 3.8) is 0 Å². The van der Waals surface area contributed by atoms with E-state index in [0.717, 1.165) is 93.2 Å². The highest BCUT2D eigenvalue weighted by Crippen LogP contribution is 2.50. The van der Waals surface area contributed by atoms with Gasteiger partial charge in [-0.1, -0.05) is 78.9 Å². The fourth-order valence-corrected chi connectivity index (χ4v) is 7.12. The zero-order valence-corrected chi connectivity index (χ0v) is 20.0. The molecule has 0 bridgehead atoms. The Morgan fingerprint density at radius 1 is 0.378 bits per heavy atom. The molecular weight excluding hydrogens is 452 g/mol. The highest BCUT2D eigenvalue weighted by molar-refractivity contribution is 6.41. The number of hydrogen-bond acceptors (Lipinski definition) is 2. The molecule has 2 aliphatic carbocycles. The average molecular weight is 471 g/mol. The zero-order valence-electron chi connectivity index (χ0n) is 20.0. The van der Waals surface area contributed by atoms with Gasteiger partial charge in [-0.05, 0) is 79.2 Å². The van der Waals surface area contributed by atoms with E-state index in [4.69, 9.17) is 0 Å². The van der Waals surface area contributed by atoms with Gasteiger partial charge in [0.15, 0.2) is 11.6 Å². The van der Waals surface area contributed by atoms with Crippen molar-refractivity contribution in [1.29, 1.82) is 0 Å². The van der Waals surface area contributed by atoms with Crippen molar-refractivity contribution in [3.8, 4) is 22.3 Å². The summed E-state index contributed by atoms with van der Waals surface area (Å²) in [6.45, 7) is 2.08. The molecule has 0 atom stereocenters. The summed E-state index contributed by atoms with van der Waals surface area (Å²) in [5.41, 5.74) is 8.47. The Labute approximate surface area is 212 Å². The van der Waals surface area contributed by atoms with E-state index in [1.807, 2.05) is 48.5 Å². The van der Waals surface area contributed by atoms with E-state index in [2.05, 4.69) is 49.4 Å². The van der Waals surface area contributed by atoms with Crippen LogP contribution >= 0.6 is 0 Å². The van der Waals surface area contributed by atoms with Gasteiger partial charge in [-0.3, -0.25) is 9.59 Å². The summed E-state index contributed by atoms with van der Waals surface area (Å²) >= 11 is 0. The summed E-state index contributed by atoms with van der Waals surface area (Å²) in [5, 5.41) is 8.86. The lowest BCUT2D eigenvalue weighted by Gasteiger charge is -2.26. The molecule has 0 aromatic heterocycles. The number of rotatable bonds is 0. The molecule has 0 heterocycles. The van der Waals surface area contributed by atoms with E-state index in [1.54, 1.807) is 0 Å². The minimum Gasteiger partial charge on any atom is -0.289 e. The Bertz CT molecular complexity index is 2210. The second-order valence-electron chi connectivity index (χ2n) is 10.3. The standard InChI is InChI=1S/C35H18O2/c1-17-5-4-8-26-29(17)25-14-11-21-20-10-9-19-18-6-2-3-7-24(18)34(36)27-15-12-22(30(20)32(19)27)23-13-16-28(35(26)37)33(25)31(21)23/h2-16H,1H3. The van der Waals surface area contributed by atoms with Crippen molar-refractivity contribution in [2.45, 2.75) is 6.92 Å². The minimum atomic E-state index is 0.0838. The van der Waals surface area contributed by atoms with Crippen LogP contribution in [0.15, 0.2) is 91.0 Å². The van der Waals surface area contributed by atoms with Gasteiger partial charge >= 0.3 is 0 Å². The molecular formula is C35H18O2. The maximum absolute atomic E-state index is 13.7. The highest BCUT2D eigenvalue weighted by Gasteiger charge is 2.30. The van der Waals surface area contributed by atoms with Crippen LogP contribution in [0.3, 0.4) is 0 Å². The molecule has 0 amide bonds. The molecule has 0 saturated carbocycles. The summed E-state index contributed by atoms with van der Waals surface area (Å²) in [4.78, 5) is 27.2. The number of carbonyl (C=O) groups excluding carboxylic acids is 2. The lowest BCUT2D eigenvalue weighted by Crippen LogP contribution is -2.12. The first-order valence-corrected chi connectivity index (χ1v) is 12.6. The number of ketones is 2. The van der Waals surface area contributed by atoms with E-state index >= 15 is 0 Å². The predicted molar refractivity (Wildman–Crippen MR) is 150 cm³/mol. The first kappa shape index (κ1) is 19.4. The Balaban J connectivity index is 1.53. The van der Waals surface area contributed by atoms with Crippen molar-refractivity contribution >= 4 is 54.7 Å². The molecule has 2 heteroatoms. The largest absolute Gasteiger partial charge is 0.289 e. The van der Waals surface area contributed by atoms with E-state index in [1.165, 1.54) is 0 Å². The third kappa shape index (κ3) is 2.11. The van der Waals surface area contributed by atoms with Gasteiger partial charge in [0.25, 0.3) is 0 Å². The SMILES string of the molecule is Cc1cccc2c1-c1ccc3c4ccc5c6c(ccc(c7ccc(c1c73)C2=O)c64)C(=O)c1ccccc1-5. The molecule has 0 aliphatic heterocycles. The van der Waals surface area contributed by atoms with E-state index in [-0.39, 0.29) is 11.6 Å². The smallest absolute Gasteiger partial charge is 0.194 e. The fourth-order valence-electron chi connectivity index (χ4n) is 7.12. The molecule has 0 N–H and O–H groups in total. The lowest BCUT2D eigenvalue weighted by atomic mass is 9.76. The molecule has 170 valence electrons. The van der Waals surface area contributed by atoms with E-state index in [0.29, 0.717) is 0 Å². The van der Waals surface area contributed by atoms with Crippen LogP contribution in [0.25, 0.3) is 65.3 Å². The summed E-state index contributed by atoms with van der Waals surface area (Å²) in [5.74, 6) is 0.175. The molecule has 2 aliphatic rings. The quantitative estimate of drug-likeness (QED) is 0.165. The summed E-state index contributed by atoms with van der Waals surface area (Å²) < 4.78 is 0. The first-order chi connectivity index (χ1) is 18.1. The third-order valence-corrected chi connectivity index (χ3v) is 8.64. The molecule has 37 heavy (non-hydrogen) atoms. The topological polar surface area (TPSA) is 34.1 Å². The molecule has 0 fully saturated rings. The van der Waals surface area contributed by atoms with Crippen LogP contribution in [-0.2, 0) is 0 Å². The Kier molecular flexibility index (Phi) is 3.30. The monoisotopic (exact) mass is 470 g/mol. The third-order valence-electron chi connectivity index (χ3n) is 8.64. The van der Waals surface area contributed by atoms with Gasteiger partial charge in [-0.2, -0.15) is 0 Å². The van der Waals surface area contributed by atoms with E-state index in [9.17, 15) is 9.59 Å². The second-order valence-corrected chi connectivity index (χ2v) is 10.3. The van der Waals surface area contributed by atoms with Gasteiger partial charge < -0.3 is 0 Å². The van der Waals surface area contributed by atoms with Crippen LogP contribution in [0.1, 0.15) is 37.4 Å². The average Bonchev–Trinajstić information content (AvgIpc) is 2.94. The number of fused-ring (bicyclic) bond motifs is 6. The summed E-state index contributed by atoms with van der Waals surface area (Å²) in [6, 6.07) is 30.9. The lowest BCUT2D eigenvalue weighted by molar-refractivity contribution is 0.103. The predicted octanol–water partition coefficient (Wildman–Crippen LogP) is 8.47. The summed E-state index contributed by atoms with van der Waals surface area (Å²) in [7, 11) is 0. The molecule has 0 spiro atoms. The molecule has 9 rings (SSSR count). The zero-order chi connectivity index (χ0) is 24.6. The minimum absolute atomic E-state index is 0.0838. The van der Waals surface area contributed by atoms with Crippen LogP contribution < -0.4 is 0 Å². The van der Waals surface area contributed by atoms with Crippen LogP contribution in [0.2, 0.25) is 0 Å². The Morgan fingerprint density at radius 3 is 1.51 bits per heavy atom. The number of benzene rings is 7. The highest BCUT2D eigenvalue weighted by atomic mass is 16.1. The number of hydrogen-bond donors (Lipinski definition) is 0. The van der Waals surface area contributed by atoms with Gasteiger partial charge in [0, 0.05) is 33.0 Å². The number of carbonyl (C=O) groups is 2. The fraction of sp³-hybridized carbons (Fsp3) is 0.0286. The van der Waals surface area contributed by atoms with Crippen LogP contribution in [0, 0.1) is 6.92 Å². The van der Waals surface area contributed by atoms with Gasteiger partial charge in [0.2, 0.25) is 0 Å². The van der Waals surface area contributed by atoms with Crippen molar-refractivity contribution in [2.75, 3.05) is 0 Å². The van der Waals surface area contributed by atoms with Crippen LogP contribution in [-0.4, -0.2) is 11.6 Å². The van der Waals surface area contributed by atoms with Crippen molar-refractivity contribution in [3.05, 3.63) is 119 Å². The van der Waals surface area contributed by atoms with Gasteiger partial charge in [-0.15, -0.1) is 0 Å². The Morgan fingerprint density at radius 2 is 0.865 bits per heavy atom. The first-order valence-electron chi connectivity index (χ1n) is 12.6. The van der Waals surface area contributed by atoms with Crippen LogP contribution in [0.5, 0.6) is 0 Å². The molecule has 7 aromatic rings. The second kappa shape index (κ2) is 6.29. The molecule has 0 unspecified atom stereocenters. The molecule has 0 radical (unpaired) electrons. The van der Waals surface area contributed by atoms with Crippen molar-refractivity contribution in [1.82, 2.24) is 0 Å². The van der Waals surface area contributed by atoms with Crippen molar-refractivity contribution < 1.29 is 9.59 Å².